The van der Waals surface area contributed by atoms with Gasteiger partial charge in [-0.3, -0.25) is 9.59 Å². The lowest BCUT2D eigenvalue weighted by Gasteiger charge is -2.30. The number of hydrogen-bond acceptors (Lipinski definition) is 3. The van der Waals surface area contributed by atoms with Crippen LogP contribution in [-0.2, 0) is 9.53 Å². The van der Waals surface area contributed by atoms with E-state index in [-0.39, 0.29) is 17.9 Å². The molecule has 1 atom stereocenters. The summed E-state index contributed by atoms with van der Waals surface area (Å²) in [6.45, 7) is 4.72. The van der Waals surface area contributed by atoms with Crippen molar-refractivity contribution in [1.82, 2.24) is 4.90 Å². The zero-order valence-corrected chi connectivity index (χ0v) is 15.0. The molecule has 2 aliphatic heterocycles. The lowest BCUT2D eigenvalue weighted by atomic mass is 9.98. The number of ether oxygens (including phenoxy) is 1. The van der Waals surface area contributed by atoms with E-state index in [0.717, 1.165) is 57.5 Å². The Labute approximate surface area is 149 Å². The smallest absolute Gasteiger partial charge is 0.253 e. The fourth-order valence-corrected chi connectivity index (χ4v) is 3.48. The molecule has 0 saturated carbocycles. The highest BCUT2D eigenvalue weighted by atomic mass is 16.5. The van der Waals surface area contributed by atoms with Gasteiger partial charge in [0.05, 0.1) is 6.10 Å². The summed E-state index contributed by atoms with van der Waals surface area (Å²) in [6.07, 6.45) is 5.78. The zero-order chi connectivity index (χ0) is 17.6. The molecule has 2 heterocycles. The Balaban J connectivity index is 1.47. The number of benzene rings is 1. The van der Waals surface area contributed by atoms with Gasteiger partial charge in [-0.05, 0) is 62.3 Å². The zero-order valence-electron chi connectivity index (χ0n) is 15.0. The molecule has 1 aromatic rings. The van der Waals surface area contributed by atoms with Crippen molar-refractivity contribution in [1.29, 1.82) is 0 Å². The molecule has 3 rings (SSSR count). The molecule has 2 saturated heterocycles. The van der Waals surface area contributed by atoms with E-state index in [4.69, 9.17) is 4.74 Å². The molecular formula is C20H28N2O3. The highest BCUT2D eigenvalue weighted by Crippen LogP contribution is 2.20. The largest absolute Gasteiger partial charge is 0.378 e. The number of carbonyl (C=O) groups is 2. The molecule has 2 fully saturated rings. The van der Waals surface area contributed by atoms with Crippen molar-refractivity contribution in [3.63, 3.8) is 0 Å². The number of amides is 2. The van der Waals surface area contributed by atoms with Crippen LogP contribution < -0.4 is 5.32 Å². The third-order valence-corrected chi connectivity index (χ3v) is 5.20. The minimum Gasteiger partial charge on any atom is -0.378 e. The van der Waals surface area contributed by atoms with Crippen LogP contribution in [0, 0.1) is 5.92 Å². The molecule has 0 aromatic heterocycles. The van der Waals surface area contributed by atoms with Gasteiger partial charge in [0.1, 0.15) is 0 Å². The van der Waals surface area contributed by atoms with Gasteiger partial charge < -0.3 is 15.0 Å². The molecular weight excluding hydrogens is 316 g/mol. The van der Waals surface area contributed by atoms with Crippen LogP contribution in [0.5, 0.6) is 0 Å². The lowest BCUT2D eigenvalue weighted by Crippen LogP contribution is -2.37. The minimum absolute atomic E-state index is 0.000375. The van der Waals surface area contributed by atoms with E-state index in [9.17, 15) is 9.59 Å². The first-order valence-electron chi connectivity index (χ1n) is 9.42. The average molecular weight is 344 g/mol. The van der Waals surface area contributed by atoms with Crippen LogP contribution in [0.15, 0.2) is 24.3 Å². The molecule has 136 valence electrons. The van der Waals surface area contributed by atoms with Crippen LogP contribution >= 0.6 is 0 Å². The number of hydrogen-bond donors (Lipinski definition) is 1. The molecule has 2 amide bonds. The summed E-state index contributed by atoms with van der Waals surface area (Å²) in [5.74, 6) is 0.791. The number of anilines is 1. The van der Waals surface area contributed by atoms with E-state index in [1.54, 1.807) is 12.1 Å². The molecule has 1 unspecified atom stereocenters. The molecule has 0 spiro atoms. The second kappa shape index (κ2) is 8.48. The molecule has 0 aliphatic carbocycles. The van der Waals surface area contributed by atoms with Crippen LogP contribution in [0.2, 0.25) is 0 Å². The number of piperidine rings is 1. The van der Waals surface area contributed by atoms with Crippen LogP contribution in [-0.4, -0.2) is 42.5 Å². The maximum absolute atomic E-state index is 12.5. The summed E-state index contributed by atoms with van der Waals surface area (Å²) in [7, 11) is 0. The van der Waals surface area contributed by atoms with Crippen LogP contribution in [0.1, 0.15) is 55.8 Å². The molecule has 1 aromatic carbocycles. The highest BCUT2D eigenvalue weighted by molar-refractivity contribution is 5.95. The van der Waals surface area contributed by atoms with Gasteiger partial charge in [0.25, 0.3) is 5.91 Å². The van der Waals surface area contributed by atoms with Gasteiger partial charge in [-0.15, -0.1) is 0 Å². The van der Waals surface area contributed by atoms with Gasteiger partial charge >= 0.3 is 0 Å². The van der Waals surface area contributed by atoms with Crippen LogP contribution in [0.25, 0.3) is 0 Å². The second-order valence-electron chi connectivity index (χ2n) is 7.27. The predicted molar refractivity (Wildman–Crippen MR) is 97.6 cm³/mol. The van der Waals surface area contributed by atoms with Crippen LogP contribution in [0.4, 0.5) is 5.69 Å². The summed E-state index contributed by atoms with van der Waals surface area (Å²) >= 11 is 0. The maximum atomic E-state index is 12.5. The first-order chi connectivity index (χ1) is 12.1. The Morgan fingerprint density at radius 1 is 1.16 bits per heavy atom. The summed E-state index contributed by atoms with van der Waals surface area (Å²) in [4.78, 5) is 26.5. The van der Waals surface area contributed by atoms with E-state index < -0.39 is 0 Å². The minimum atomic E-state index is -0.000375. The molecule has 5 nitrogen and oxygen atoms in total. The average Bonchev–Trinajstić information content (AvgIpc) is 3.14. The van der Waals surface area contributed by atoms with E-state index in [2.05, 4.69) is 12.2 Å². The van der Waals surface area contributed by atoms with Gasteiger partial charge in [-0.2, -0.15) is 0 Å². The fraction of sp³-hybridized carbons (Fsp3) is 0.600. The van der Waals surface area contributed by atoms with Crippen molar-refractivity contribution in [2.24, 2.45) is 5.92 Å². The summed E-state index contributed by atoms with van der Waals surface area (Å²) in [5, 5.41) is 2.90. The van der Waals surface area contributed by atoms with Crippen molar-refractivity contribution in [2.45, 2.75) is 51.6 Å². The topological polar surface area (TPSA) is 58.6 Å². The fourth-order valence-electron chi connectivity index (χ4n) is 3.48. The van der Waals surface area contributed by atoms with E-state index in [1.807, 2.05) is 17.0 Å². The molecule has 0 radical (unpaired) electrons. The van der Waals surface area contributed by atoms with Gasteiger partial charge in [-0.1, -0.05) is 6.92 Å². The molecule has 1 N–H and O–H groups in total. The van der Waals surface area contributed by atoms with Crippen molar-refractivity contribution < 1.29 is 14.3 Å². The van der Waals surface area contributed by atoms with Crippen LogP contribution in [0.3, 0.4) is 0 Å². The predicted octanol–water partition coefficient (Wildman–Crippen LogP) is 3.46. The number of rotatable bonds is 5. The van der Waals surface area contributed by atoms with Crippen molar-refractivity contribution in [3.8, 4) is 0 Å². The SMILES string of the molecule is CC1CCN(C(=O)c2ccc(NC(=O)CCC3CCCO3)cc2)CC1. The van der Waals surface area contributed by atoms with E-state index in [1.165, 1.54) is 0 Å². The van der Waals surface area contributed by atoms with Crippen molar-refractivity contribution >= 4 is 17.5 Å². The third kappa shape index (κ3) is 5.05. The lowest BCUT2D eigenvalue weighted by molar-refractivity contribution is -0.116. The Morgan fingerprint density at radius 2 is 1.88 bits per heavy atom. The quantitative estimate of drug-likeness (QED) is 0.890. The Morgan fingerprint density at radius 3 is 2.52 bits per heavy atom. The molecule has 25 heavy (non-hydrogen) atoms. The number of likely N-dealkylation sites (tertiary alicyclic amines) is 1. The third-order valence-electron chi connectivity index (χ3n) is 5.20. The van der Waals surface area contributed by atoms with Gasteiger partial charge in [0.15, 0.2) is 0 Å². The number of carbonyl (C=O) groups excluding carboxylic acids is 2. The second-order valence-corrected chi connectivity index (χ2v) is 7.27. The summed E-state index contributed by atoms with van der Waals surface area (Å²) < 4.78 is 5.54. The Bertz CT molecular complexity index is 585. The van der Waals surface area contributed by atoms with Crippen molar-refractivity contribution in [2.75, 3.05) is 25.0 Å². The van der Waals surface area contributed by atoms with E-state index >= 15 is 0 Å². The standard InChI is InChI=1S/C20H28N2O3/c1-15-10-12-22(13-11-15)20(24)16-4-6-17(7-5-16)21-19(23)9-8-18-3-2-14-25-18/h4-7,15,18H,2-3,8-14H2,1H3,(H,21,23). The number of nitrogens with zero attached hydrogens (tertiary/aromatic N) is 1. The first-order valence-corrected chi connectivity index (χ1v) is 9.42. The van der Waals surface area contributed by atoms with E-state index in [0.29, 0.717) is 17.9 Å². The van der Waals surface area contributed by atoms with Gasteiger partial charge in [-0.25, -0.2) is 0 Å². The summed E-state index contributed by atoms with van der Waals surface area (Å²) in [5.41, 5.74) is 1.42. The normalized spacial score (nSPS) is 21.3. The maximum Gasteiger partial charge on any atom is 0.253 e. The Kier molecular flexibility index (Phi) is 6.08. The van der Waals surface area contributed by atoms with Gasteiger partial charge in [0.2, 0.25) is 5.91 Å². The number of nitrogens with one attached hydrogen (secondary N) is 1. The summed E-state index contributed by atoms with van der Waals surface area (Å²) in [6, 6.07) is 7.22. The first kappa shape index (κ1) is 17.9. The molecule has 2 aliphatic rings. The Hall–Kier alpha value is -1.88. The van der Waals surface area contributed by atoms with Gasteiger partial charge in [0, 0.05) is 37.4 Å². The monoisotopic (exact) mass is 344 g/mol. The highest BCUT2D eigenvalue weighted by Gasteiger charge is 2.21. The molecule has 5 heteroatoms. The molecule has 0 bridgehead atoms. The van der Waals surface area contributed by atoms with Crippen molar-refractivity contribution in [3.05, 3.63) is 29.8 Å².